The first-order chi connectivity index (χ1) is 12.1. The van der Waals surface area contributed by atoms with Gasteiger partial charge in [0.25, 0.3) is 0 Å². The smallest absolute Gasteiger partial charge is 0.409 e. The third-order valence-electron chi connectivity index (χ3n) is 4.79. The SMILES string of the molecule is CCNC(=NCC1(OC)CCOCC1)N1CCN(C(=O)OCC)CC1.I. The van der Waals surface area contributed by atoms with Crippen LogP contribution in [-0.2, 0) is 14.2 Å². The lowest BCUT2D eigenvalue weighted by atomic mass is 9.94. The van der Waals surface area contributed by atoms with Crippen molar-refractivity contribution in [3.8, 4) is 0 Å². The molecule has 2 rings (SSSR count). The molecular formula is C17H33IN4O4. The van der Waals surface area contributed by atoms with Crippen molar-refractivity contribution in [2.24, 2.45) is 4.99 Å². The van der Waals surface area contributed by atoms with E-state index < -0.39 is 0 Å². The van der Waals surface area contributed by atoms with Crippen molar-refractivity contribution in [3.05, 3.63) is 0 Å². The fourth-order valence-corrected chi connectivity index (χ4v) is 3.13. The van der Waals surface area contributed by atoms with Crippen LogP contribution >= 0.6 is 24.0 Å². The first-order valence-electron chi connectivity index (χ1n) is 9.22. The summed E-state index contributed by atoms with van der Waals surface area (Å²) in [5, 5.41) is 3.36. The number of guanidine groups is 1. The van der Waals surface area contributed by atoms with Crippen molar-refractivity contribution in [1.29, 1.82) is 0 Å². The molecule has 0 unspecified atom stereocenters. The minimum atomic E-state index is -0.232. The number of carbonyl (C=O) groups is 1. The highest BCUT2D eigenvalue weighted by Crippen LogP contribution is 2.24. The number of hydrogen-bond acceptors (Lipinski definition) is 5. The summed E-state index contributed by atoms with van der Waals surface area (Å²) in [6.45, 7) is 9.94. The Kier molecular flexibility index (Phi) is 10.6. The molecule has 9 heteroatoms. The molecule has 8 nitrogen and oxygen atoms in total. The van der Waals surface area contributed by atoms with Crippen molar-refractivity contribution >= 4 is 36.0 Å². The second-order valence-corrected chi connectivity index (χ2v) is 6.34. The van der Waals surface area contributed by atoms with Crippen LogP contribution in [0.25, 0.3) is 0 Å². The van der Waals surface area contributed by atoms with Crippen molar-refractivity contribution in [1.82, 2.24) is 15.1 Å². The van der Waals surface area contributed by atoms with Gasteiger partial charge in [-0.25, -0.2) is 4.79 Å². The van der Waals surface area contributed by atoms with Gasteiger partial charge in [-0.3, -0.25) is 4.99 Å². The van der Waals surface area contributed by atoms with Crippen molar-refractivity contribution in [2.75, 3.05) is 66.2 Å². The Morgan fingerprint density at radius 3 is 2.31 bits per heavy atom. The summed E-state index contributed by atoms with van der Waals surface area (Å²) in [4.78, 5) is 20.6. The number of carbonyl (C=O) groups excluding carboxylic acids is 1. The summed E-state index contributed by atoms with van der Waals surface area (Å²) in [6, 6.07) is 0. The fraction of sp³-hybridized carbons (Fsp3) is 0.882. The van der Waals surface area contributed by atoms with E-state index in [0.29, 0.717) is 26.2 Å². The van der Waals surface area contributed by atoms with Crippen molar-refractivity contribution < 1.29 is 19.0 Å². The van der Waals surface area contributed by atoms with Gasteiger partial charge in [-0.15, -0.1) is 24.0 Å². The third-order valence-corrected chi connectivity index (χ3v) is 4.79. The molecule has 152 valence electrons. The molecule has 2 aliphatic rings. The highest BCUT2D eigenvalue weighted by molar-refractivity contribution is 14.0. The average molecular weight is 484 g/mol. The number of piperazine rings is 1. The summed E-state index contributed by atoms with van der Waals surface area (Å²) < 4.78 is 16.3. The predicted octanol–water partition coefficient (Wildman–Crippen LogP) is 1.54. The maximum atomic E-state index is 11.8. The van der Waals surface area contributed by atoms with E-state index in [1.807, 2.05) is 6.92 Å². The maximum Gasteiger partial charge on any atom is 0.409 e. The average Bonchev–Trinajstić information content (AvgIpc) is 2.66. The molecule has 1 amide bonds. The Hall–Kier alpha value is -0.810. The van der Waals surface area contributed by atoms with Gasteiger partial charge < -0.3 is 29.3 Å². The molecule has 2 saturated heterocycles. The Bertz CT molecular complexity index is 450. The summed E-state index contributed by atoms with van der Waals surface area (Å²) >= 11 is 0. The third kappa shape index (κ3) is 6.41. The van der Waals surface area contributed by atoms with Crippen LogP contribution in [0.3, 0.4) is 0 Å². The largest absolute Gasteiger partial charge is 0.450 e. The number of methoxy groups -OCH3 is 1. The number of amides is 1. The molecule has 0 aromatic rings. The Morgan fingerprint density at radius 1 is 1.15 bits per heavy atom. The van der Waals surface area contributed by atoms with Gasteiger partial charge in [-0.2, -0.15) is 0 Å². The van der Waals surface area contributed by atoms with Crippen LogP contribution < -0.4 is 5.32 Å². The minimum Gasteiger partial charge on any atom is -0.450 e. The van der Waals surface area contributed by atoms with Crippen LogP contribution in [-0.4, -0.2) is 93.7 Å². The van der Waals surface area contributed by atoms with E-state index in [4.69, 9.17) is 19.2 Å². The van der Waals surface area contributed by atoms with Gasteiger partial charge in [0.15, 0.2) is 5.96 Å². The van der Waals surface area contributed by atoms with Gasteiger partial charge >= 0.3 is 6.09 Å². The number of halogens is 1. The molecule has 0 spiro atoms. The van der Waals surface area contributed by atoms with Crippen LogP contribution in [0.15, 0.2) is 4.99 Å². The van der Waals surface area contributed by atoms with E-state index in [-0.39, 0.29) is 35.7 Å². The van der Waals surface area contributed by atoms with Crippen LogP contribution in [0.5, 0.6) is 0 Å². The van der Waals surface area contributed by atoms with E-state index >= 15 is 0 Å². The van der Waals surface area contributed by atoms with Crippen LogP contribution in [0.1, 0.15) is 26.7 Å². The van der Waals surface area contributed by atoms with Crippen LogP contribution in [0.2, 0.25) is 0 Å². The number of rotatable bonds is 5. The van der Waals surface area contributed by atoms with E-state index in [1.54, 1.807) is 12.0 Å². The summed E-state index contributed by atoms with van der Waals surface area (Å²) in [6.07, 6.45) is 1.50. The lowest BCUT2D eigenvalue weighted by Gasteiger charge is -2.37. The molecule has 1 N–H and O–H groups in total. The van der Waals surface area contributed by atoms with Gasteiger partial charge in [-0.1, -0.05) is 0 Å². The minimum absolute atomic E-state index is 0. The Balaban J connectivity index is 0.00000338. The number of aliphatic imine (C=N–C) groups is 1. The Morgan fingerprint density at radius 2 is 1.77 bits per heavy atom. The normalized spacial score (nSPS) is 20.3. The van der Waals surface area contributed by atoms with Gasteiger partial charge in [0.2, 0.25) is 0 Å². The molecule has 0 aliphatic carbocycles. The van der Waals surface area contributed by atoms with Gasteiger partial charge in [0, 0.05) is 65.9 Å². The zero-order valence-electron chi connectivity index (χ0n) is 16.2. The molecule has 0 aromatic heterocycles. The molecule has 2 fully saturated rings. The lowest BCUT2D eigenvalue weighted by molar-refractivity contribution is -0.0829. The predicted molar refractivity (Wildman–Crippen MR) is 111 cm³/mol. The molecule has 0 saturated carbocycles. The van der Waals surface area contributed by atoms with E-state index in [2.05, 4.69) is 17.1 Å². The topological polar surface area (TPSA) is 75.6 Å². The number of nitrogens with zero attached hydrogens (tertiary/aromatic N) is 3. The quantitative estimate of drug-likeness (QED) is 0.363. The molecule has 0 bridgehead atoms. The van der Waals surface area contributed by atoms with Crippen LogP contribution in [0.4, 0.5) is 4.79 Å². The molecule has 0 radical (unpaired) electrons. The molecule has 0 atom stereocenters. The maximum absolute atomic E-state index is 11.8. The second kappa shape index (κ2) is 11.8. The van der Waals surface area contributed by atoms with E-state index in [9.17, 15) is 4.79 Å². The zero-order valence-corrected chi connectivity index (χ0v) is 18.5. The zero-order chi connectivity index (χ0) is 18.1. The standard InChI is InChI=1S/C17H32N4O4.HI/c1-4-18-15(19-14-17(23-3)6-12-24-13-7-17)20-8-10-21(11-9-20)16(22)25-5-2;/h4-14H2,1-3H3,(H,18,19);1H. The van der Waals surface area contributed by atoms with Gasteiger partial charge in [0.05, 0.1) is 18.8 Å². The van der Waals surface area contributed by atoms with Gasteiger partial charge in [0.1, 0.15) is 0 Å². The molecule has 0 aromatic carbocycles. The van der Waals surface area contributed by atoms with E-state index in [1.165, 1.54) is 0 Å². The summed E-state index contributed by atoms with van der Waals surface area (Å²) in [5.41, 5.74) is -0.230. The molecule has 26 heavy (non-hydrogen) atoms. The number of ether oxygens (including phenoxy) is 3. The first kappa shape index (κ1) is 23.2. The second-order valence-electron chi connectivity index (χ2n) is 6.34. The first-order valence-corrected chi connectivity index (χ1v) is 9.22. The molecule has 2 heterocycles. The summed E-state index contributed by atoms with van der Waals surface area (Å²) in [7, 11) is 1.76. The number of hydrogen-bond donors (Lipinski definition) is 1. The fourth-order valence-electron chi connectivity index (χ4n) is 3.13. The highest BCUT2D eigenvalue weighted by Gasteiger charge is 2.33. The van der Waals surface area contributed by atoms with Crippen molar-refractivity contribution in [2.45, 2.75) is 32.3 Å². The Labute approximate surface area is 173 Å². The summed E-state index contributed by atoms with van der Waals surface area (Å²) in [5.74, 6) is 0.883. The molecular weight excluding hydrogens is 451 g/mol. The van der Waals surface area contributed by atoms with E-state index in [0.717, 1.165) is 51.6 Å². The number of nitrogens with one attached hydrogen (secondary N) is 1. The van der Waals surface area contributed by atoms with Crippen LogP contribution in [0, 0.1) is 0 Å². The van der Waals surface area contributed by atoms with Crippen molar-refractivity contribution in [3.63, 3.8) is 0 Å². The monoisotopic (exact) mass is 484 g/mol. The lowest BCUT2D eigenvalue weighted by Crippen LogP contribution is -2.54. The molecule has 2 aliphatic heterocycles. The van der Waals surface area contributed by atoms with Gasteiger partial charge in [-0.05, 0) is 13.8 Å². The highest BCUT2D eigenvalue weighted by atomic mass is 127.